The van der Waals surface area contributed by atoms with E-state index in [-0.39, 0.29) is 17.1 Å². The highest BCUT2D eigenvalue weighted by Gasteiger charge is 2.19. The van der Waals surface area contributed by atoms with Crippen LogP contribution in [0, 0.1) is 5.82 Å². The number of nitrogens with zero attached hydrogens (tertiary/aromatic N) is 2. The lowest BCUT2D eigenvalue weighted by molar-refractivity contribution is 0.602. The van der Waals surface area contributed by atoms with E-state index in [0.717, 1.165) is 4.88 Å². The summed E-state index contributed by atoms with van der Waals surface area (Å²) in [6.45, 7) is 2.37. The average molecular weight is 340 g/mol. The molecule has 116 valence electrons. The summed E-state index contributed by atoms with van der Waals surface area (Å²) in [5.74, 6) is 0.00530. The van der Waals surface area contributed by atoms with Gasteiger partial charge in [0.2, 0.25) is 5.28 Å². The Balaban J connectivity index is 1.99. The summed E-state index contributed by atoms with van der Waals surface area (Å²) >= 11 is 7.54. The molecule has 22 heavy (non-hydrogen) atoms. The van der Waals surface area contributed by atoms with Gasteiger partial charge in [0.25, 0.3) is 0 Å². The van der Waals surface area contributed by atoms with Crippen LogP contribution in [0.3, 0.4) is 0 Å². The summed E-state index contributed by atoms with van der Waals surface area (Å²) in [5, 5.41) is 5.49. The van der Waals surface area contributed by atoms with E-state index in [4.69, 9.17) is 17.3 Å². The van der Waals surface area contributed by atoms with Crippen molar-refractivity contribution in [2.45, 2.75) is 25.9 Å². The summed E-state index contributed by atoms with van der Waals surface area (Å²) in [6.07, 6.45) is 0.393. The van der Waals surface area contributed by atoms with Crippen LogP contribution in [0.1, 0.15) is 17.5 Å². The van der Waals surface area contributed by atoms with Gasteiger partial charge < -0.3 is 16.0 Å². The first-order valence-corrected chi connectivity index (χ1v) is 8.05. The molecule has 4 N–H and O–H groups in total. The molecule has 0 fully saturated rings. The van der Waals surface area contributed by atoms with Crippen LogP contribution in [0.4, 0.5) is 10.2 Å². The topological polar surface area (TPSA) is 79.6 Å². The Hall–Kier alpha value is -1.70. The van der Waals surface area contributed by atoms with Crippen LogP contribution in [-0.2, 0) is 13.0 Å². The molecule has 0 aliphatic rings. The second-order valence-electron chi connectivity index (χ2n) is 5.10. The highest BCUT2D eigenvalue weighted by Crippen LogP contribution is 2.28. The number of aromatic nitrogens is 3. The molecular formula is C14H15ClFN5S. The Kier molecular flexibility index (Phi) is 4.28. The molecule has 0 saturated carbocycles. The van der Waals surface area contributed by atoms with Crippen LogP contribution in [0.25, 0.3) is 11.0 Å². The third-order valence-electron chi connectivity index (χ3n) is 3.17. The van der Waals surface area contributed by atoms with Crippen molar-refractivity contribution in [2.75, 3.05) is 5.32 Å². The second-order valence-corrected chi connectivity index (χ2v) is 6.47. The van der Waals surface area contributed by atoms with Crippen LogP contribution in [0.2, 0.25) is 5.28 Å². The number of fused-ring (bicyclic) bond motifs is 1. The maximum Gasteiger partial charge on any atom is 0.226 e. The summed E-state index contributed by atoms with van der Waals surface area (Å²) in [6, 6.07) is 3.79. The molecule has 5 nitrogen and oxygen atoms in total. The Bertz CT molecular complexity index is 784. The van der Waals surface area contributed by atoms with Crippen molar-refractivity contribution in [3.8, 4) is 0 Å². The molecular weight excluding hydrogens is 325 g/mol. The van der Waals surface area contributed by atoms with Gasteiger partial charge in [-0.3, -0.25) is 0 Å². The van der Waals surface area contributed by atoms with Crippen molar-refractivity contribution in [3.05, 3.63) is 39.2 Å². The highest BCUT2D eigenvalue weighted by molar-refractivity contribution is 7.09. The maximum absolute atomic E-state index is 14.6. The van der Waals surface area contributed by atoms with E-state index in [1.54, 1.807) is 11.3 Å². The number of rotatable bonds is 5. The molecule has 3 heterocycles. The molecule has 3 aromatic rings. The molecule has 1 unspecified atom stereocenters. The predicted octanol–water partition coefficient (Wildman–Crippen LogP) is 3.31. The smallest absolute Gasteiger partial charge is 0.226 e. The Morgan fingerprint density at radius 2 is 2.32 bits per heavy atom. The summed E-state index contributed by atoms with van der Waals surface area (Å²) < 4.78 is 14.6. The molecule has 0 saturated heterocycles. The summed E-state index contributed by atoms with van der Waals surface area (Å²) in [7, 11) is 0. The molecule has 8 heteroatoms. The van der Waals surface area contributed by atoms with Crippen LogP contribution < -0.4 is 11.1 Å². The van der Waals surface area contributed by atoms with Gasteiger partial charge >= 0.3 is 0 Å². The van der Waals surface area contributed by atoms with Crippen LogP contribution in [0.15, 0.2) is 17.5 Å². The van der Waals surface area contributed by atoms with Crippen molar-refractivity contribution in [3.63, 3.8) is 0 Å². The quantitative estimate of drug-likeness (QED) is 0.623. The minimum atomic E-state index is -0.377. The molecule has 0 aliphatic carbocycles. The monoisotopic (exact) mass is 339 g/mol. The zero-order valence-corrected chi connectivity index (χ0v) is 13.4. The Morgan fingerprint density at radius 1 is 1.50 bits per heavy atom. The molecule has 3 aromatic heterocycles. The molecule has 3 rings (SSSR count). The number of hydrogen-bond donors (Lipinski definition) is 3. The first-order chi connectivity index (χ1) is 10.5. The van der Waals surface area contributed by atoms with Gasteiger partial charge in [0, 0.05) is 17.3 Å². The van der Waals surface area contributed by atoms with Gasteiger partial charge in [-0.15, -0.1) is 11.3 Å². The minimum Gasteiger partial charge on any atom is -0.364 e. The lowest BCUT2D eigenvalue weighted by Crippen LogP contribution is -2.18. The zero-order valence-electron chi connectivity index (χ0n) is 11.9. The first kappa shape index (κ1) is 15.2. The first-order valence-electron chi connectivity index (χ1n) is 6.80. The molecule has 0 radical (unpaired) electrons. The SMILES string of the molecule is CC(N)Cc1[nH]c2nc(Cl)nc(NCc3cccs3)c2c1F. The number of anilines is 1. The van der Waals surface area contributed by atoms with E-state index in [0.29, 0.717) is 35.5 Å². The van der Waals surface area contributed by atoms with Gasteiger partial charge in [-0.05, 0) is 30.0 Å². The lowest BCUT2D eigenvalue weighted by atomic mass is 10.2. The third kappa shape index (κ3) is 3.06. The predicted molar refractivity (Wildman–Crippen MR) is 87.9 cm³/mol. The van der Waals surface area contributed by atoms with Crippen molar-refractivity contribution in [1.29, 1.82) is 0 Å². The second kappa shape index (κ2) is 6.20. The fraction of sp³-hybridized carbons (Fsp3) is 0.286. The summed E-state index contributed by atoms with van der Waals surface area (Å²) in [5.41, 5.74) is 6.54. The number of hydrogen-bond acceptors (Lipinski definition) is 5. The number of thiophene rings is 1. The number of halogens is 2. The fourth-order valence-electron chi connectivity index (χ4n) is 2.26. The van der Waals surface area contributed by atoms with Crippen LogP contribution in [0.5, 0.6) is 0 Å². The normalized spacial score (nSPS) is 12.7. The lowest BCUT2D eigenvalue weighted by Gasteiger charge is -2.06. The minimum absolute atomic E-state index is 0.0646. The van der Waals surface area contributed by atoms with Gasteiger partial charge in [-0.1, -0.05) is 6.07 Å². The van der Waals surface area contributed by atoms with Gasteiger partial charge in [-0.2, -0.15) is 9.97 Å². The Labute approximate surface area is 135 Å². The van der Waals surface area contributed by atoms with E-state index < -0.39 is 0 Å². The number of H-pyrrole nitrogens is 1. The molecule has 0 spiro atoms. The van der Waals surface area contributed by atoms with E-state index in [1.807, 2.05) is 24.4 Å². The Morgan fingerprint density at radius 3 is 3.00 bits per heavy atom. The molecule has 0 bridgehead atoms. The number of aromatic amines is 1. The summed E-state index contributed by atoms with van der Waals surface area (Å²) in [4.78, 5) is 12.2. The van der Waals surface area contributed by atoms with Gasteiger partial charge in [-0.25, -0.2) is 4.39 Å². The van der Waals surface area contributed by atoms with Gasteiger partial charge in [0.1, 0.15) is 11.5 Å². The molecule has 0 aromatic carbocycles. The van der Waals surface area contributed by atoms with E-state index >= 15 is 0 Å². The van der Waals surface area contributed by atoms with Gasteiger partial charge in [0.05, 0.1) is 17.6 Å². The van der Waals surface area contributed by atoms with Crippen molar-refractivity contribution >= 4 is 39.8 Å². The number of nitrogens with one attached hydrogen (secondary N) is 2. The van der Waals surface area contributed by atoms with Gasteiger partial charge in [0.15, 0.2) is 5.82 Å². The highest BCUT2D eigenvalue weighted by atomic mass is 35.5. The largest absolute Gasteiger partial charge is 0.364 e. The maximum atomic E-state index is 14.6. The van der Waals surface area contributed by atoms with E-state index in [2.05, 4.69) is 20.3 Å². The standard InChI is InChI=1S/C14H15ClFN5S/c1-7(17)5-9-11(16)10-12(18-6-8-3-2-4-22-8)20-14(15)21-13(10)19-9/h2-4,7H,5-6,17H2,1H3,(H2,18,19,20,21). The van der Waals surface area contributed by atoms with Crippen LogP contribution in [-0.4, -0.2) is 21.0 Å². The van der Waals surface area contributed by atoms with Crippen LogP contribution >= 0.6 is 22.9 Å². The molecule has 0 aliphatic heterocycles. The van der Waals surface area contributed by atoms with Crippen molar-refractivity contribution in [1.82, 2.24) is 15.0 Å². The molecule has 1 atom stereocenters. The number of nitrogens with two attached hydrogens (primary N) is 1. The zero-order chi connectivity index (χ0) is 15.7. The average Bonchev–Trinajstić information content (AvgIpc) is 3.05. The van der Waals surface area contributed by atoms with E-state index in [1.165, 1.54) is 0 Å². The molecule has 0 amide bonds. The third-order valence-corrected chi connectivity index (χ3v) is 4.22. The van der Waals surface area contributed by atoms with Crippen molar-refractivity contribution in [2.24, 2.45) is 5.73 Å². The van der Waals surface area contributed by atoms with Crippen molar-refractivity contribution < 1.29 is 4.39 Å². The fourth-order valence-corrected chi connectivity index (χ4v) is 3.07. The van der Waals surface area contributed by atoms with E-state index in [9.17, 15) is 4.39 Å².